The van der Waals surface area contributed by atoms with Gasteiger partial charge in [0.25, 0.3) is 0 Å². The van der Waals surface area contributed by atoms with Crippen molar-refractivity contribution in [1.82, 2.24) is 0 Å². The van der Waals surface area contributed by atoms with Crippen LogP contribution in [0.1, 0.15) is 40.0 Å². The highest BCUT2D eigenvalue weighted by Gasteiger charge is 2.43. The van der Waals surface area contributed by atoms with Crippen LogP contribution in [0, 0.1) is 0 Å². The first-order valence-electron chi connectivity index (χ1n) is 5.71. The van der Waals surface area contributed by atoms with Gasteiger partial charge in [0.1, 0.15) is 17.3 Å². The van der Waals surface area contributed by atoms with Crippen LogP contribution in [0.4, 0.5) is 0 Å². The van der Waals surface area contributed by atoms with E-state index in [9.17, 15) is 28.8 Å². The minimum Gasteiger partial charge on any atom is -0.319 e. The minimum absolute atomic E-state index is 0.450. The summed E-state index contributed by atoms with van der Waals surface area (Å²) >= 11 is -3.26. The van der Waals surface area contributed by atoms with Crippen molar-refractivity contribution in [2.45, 2.75) is 40.0 Å². The third kappa shape index (κ3) is 6.89. The third-order valence-electron chi connectivity index (χ3n) is 2.24. The van der Waals surface area contributed by atoms with Gasteiger partial charge in [0.2, 0.25) is 0 Å². The molecule has 0 atom stereocenters. The third-order valence-corrected chi connectivity index (χ3v) is 4.78. The zero-order valence-corrected chi connectivity index (χ0v) is 12.3. The Kier molecular flexibility index (Phi) is 7.27. The van der Waals surface area contributed by atoms with Crippen molar-refractivity contribution >= 4 is 45.4 Å². The molecule has 7 heteroatoms. The van der Waals surface area contributed by atoms with E-state index < -0.39 is 64.7 Å². The molecule has 0 spiro atoms. The van der Waals surface area contributed by atoms with Crippen LogP contribution in [-0.4, -0.2) is 45.4 Å². The van der Waals surface area contributed by atoms with Crippen LogP contribution in [-0.2, 0) is 28.8 Å². The van der Waals surface area contributed by atoms with E-state index in [4.69, 9.17) is 0 Å². The number of rotatable bonds is 9. The Morgan fingerprint density at radius 1 is 0.579 bits per heavy atom. The van der Waals surface area contributed by atoms with E-state index in [-0.39, 0.29) is 0 Å². The summed E-state index contributed by atoms with van der Waals surface area (Å²) in [4.78, 5) is 68.0. The van der Waals surface area contributed by atoms with Crippen molar-refractivity contribution < 1.29 is 28.8 Å². The molecular formula is C12H15AlO6. The lowest BCUT2D eigenvalue weighted by Crippen LogP contribution is -2.45. The molecular weight excluding hydrogens is 267 g/mol. The summed E-state index contributed by atoms with van der Waals surface area (Å²) in [7, 11) is 0. The number of hydrogen-bond acceptors (Lipinski definition) is 6. The number of Topliss-reactive ketones (excluding diaryl/α,β-unsaturated/α-hetero) is 3. The second kappa shape index (κ2) is 7.87. The minimum atomic E-state index is -3.26. The fourth-order valence-electron chi connectivity index (χ4n) is 1.58. The van der Waals surface area contributed by atoms with Crippen LogP contribution in [0.25, 0.3) is 0 Å². The molecule has 102 valence electrons. The summed E-state index contributed by atoms with van der Waals surface area (Å²) in [6.07, 6.45) is -1.49. The van der Waals surface area contributed by atoms with Gasteiger partial charge < -0.3 is 14.4 Å². The summed E-state index contributed by atoms with van der Waals surface area (Å²) in [5, 5.41) is 0. The van der Waals surface area contributed by atoms with E-state index in [2.05, 4.69) is 0 Å². The number of hydrogen-bond donors (Lipinski definition) is 0. The molecule has 0 aliphatic carbocycles. The summed E-state index contributed by atoms with van der Waals surface area (Å²) < 4.78 is -2.15. The average Bonchev–Trinajstić information content (AvgIpc) is 2.12. The quantitative estimate of drug-likeness (QED) is 0.426. The van der Waals surface area contributed by atoms with Gasteiger partial charge >= 0.3 is 14.1 Å². The summed E-state index contributed by atoms with van der Waals surface area (Å²) in [5.74, 6) is -1.35. The molecule has 0 aromatic carbocycles. The Hall–Kier alpha value is -1.45. The molecule has 0 aliphatic rings. The van der Waals surface area contributed by atoms with Gasteiger partial charge in [-0.25, -0.2) is 0 Å². The highest BCUT2D eigenvalue weighted by atomic mass is 27.2. The van der Waals surface area contributed by atoms with Crippen LogP contribution in [0.2, 0.25) is 0 Å². The fraction of sp³-hybridized carbons (Fsp3) is 0.500. The molecule has 0 heterocycles. The highest BCUT2D eigenvalue weighted by Crippen LogP contribution is 2.03. The van der Waals surface area contributed by atoms with Gasteiger partial charge in [0.15, 0.2) is 0 Å². The van der Waals surface area contributed by atoms with Crippen LogP contribution in [0.15, 0.2) is 0 Å². The molecule has 0 aliphatic heterocycles. The zero-order valence-electron chi connectivity index (χ0n) is 11.1. The number of carbonyl (C=O) groups is 6. The van der Waals surface area contributed by atoms with Crippen molar-refractivity contribution in [3.8, 4) is 0 Å². The Bertz CT molecular complexity index is 385. The lowest BCUT2D eigenvalue weighted by Gasteiger charge is -2.06. The van der Waals surface area contributed by atoms with E-state index in [1.807, 2.05) is 0 Å². The first-order chi connectivity index (χ1) is 8.65. The van der Waals surface area contributed by atoms with Crippen molar-refractivity contribution in [2.75, 3.05) is 0 Å². The maximum atomic E-state index is 11.8. The lowest BCUT2D eigenvalue weighted by atomic mass is 10.3. The Morgan fingerprint density at radius 3 is 0.947 bits per heavy atom. The van der Waals surface area contributed by atoms with Gasteiger partial charge in [0, 0.05) is 19.3 Å². The molecule has 0 saturated carbocycles. The van der Waals surface area contributed by atoms with E-state index in [1.54, 1.807) is 0 Å². The van der Waals surface area contributed by atoms with Crippen molar-refractivity contribution in [2.24, 2.45) is 0 Å². The molecule has 0 bridgehead atoms. The normalized spacial score (nSPS) is 9.63. The molecule has 0 amide bonds. The monoisotopic (exact) mass is 282 g/mol. The van der Waals surface area contributed by atoms with Gasteiger partial charge in [-0.05, 0) is 20.8 Å². The second-order valence-electron chi connectivity index (χ2n) is 4.47. The smallest absolute Gasteiger partial charge is 0.319 e. The topological polar surface area (TPSA) is 102 Å². The molecule has 6 nitrogen and oxygen atoms in total. The van der Waals surface area contributed by atoms with Crippen LogP contribution >= 0.6 is 0 Å². The van der Waals surface area contributed by atoms with Crippen molar-refractivity contribution in [3.63, 3.8) is 0 Å². The van der Waals surface area contributed by atoms with Crippen molar-refractivity contribution in [1.29, 1.82) is 0 Å². The summed E-state index contributed by atoms with van der Waals surface area (Å²) in [5.41, 5.74) is 0. The van der Waals surface area contributed by atoms with Gasteiger partial charge in [-0.3, -0.25) is 14.4 Å². The van der Waals surface area contributed by atoms with Crippen molar-refractivity contribution in [3.05, 3.63) is 0 Å². The molecule has 0 saturated heterocycles. The molecule has 0 aromatic rings. The highest BCUT2D eigenvalue weighted by molar-refractivity contribution is 7.28. The molecule has 0 radical (unpaired) electrons. The van der Waals surface area contributed by atoms with Gasteiger partial charge in [-0.1, -0.05) is 0 Å². The molecule has 0 N–H and O–H groups in total. The largest absolute Gasteiger partial charge is 0.550 e. The fourth-order valence-corrected chi connectivity index (χ4v) is 4.13. The lowest BCUT2D eigenvalue weighted by molar-refractivity contribution is -0.123. The van der Waals surface area contributed by atoms with E-state index in [0.29, 0.717) is 0 Å². The molecule has 0 aromatic heterocycles. The molecule has 0 unspecified atom stereocenters. The molecule has 0 rings (SSSR count). The van der Waals surface area contributed by atoms with Gasteiger partial charge in [0.05, 0.1) is 13.9 Å². The predicted molar refractivity (Wildman–Crippen MR) is 66.7 cm³/mol. The predicted octanol–water partition coefficient (Wildman–Crippen LogP) is -0.257. The standard InChI is InChI=1S/3C4H5O2.Al/c3*1-4(6)2-3-5;/h3*2H2,1H3;. The van der Waals surface area contributed by atoms with E-state index in [1.165, 1.54) is 20.8 Å². The molecule has 0 fully saturated rings. The molecule has 19 heavy (non-hydrogen) atoms. The number of carbonyl (C=O) groups excluding carboxylic acids is 6. The Morgan fingerprint density at radius 2 is 0.789 bits per heavy atom. The van der Waals surface area contributed by atoms with Crippen LogP contribution in [0.3, 0.4) is 0 Å². The second-order valence-corrected chi connectivity index (χ2v) is 7.27. The maximum Gasteiger partial charge on any atom is 0.550 e. The zero-order chi connectivity index (χ0) is 15.2. The SMILES string of the molecule is CC(=O)C[C](=O)[Al]([C](=O)CC(C)=O)[C](=O)CC(C)=O. The number of ketones is 3. The van der Waals surface area contributed by atoms with Gasteiger partial charge in [-0.15, -0.1) is 0 Å². The van der Waals surface area contributed by atoms with Gasteiger partial charge in [-0.2, -0.15) is 0 Å². The van der Waals surface area contributed by atoms with E-state index >= 15 is 0 Å². The van der Waals surface area contributed by atoms with E-state index in [0.717, 1.165) is 0 Å². The summed E-state index contributed by atoms with van der Waals surface area (Å²) in [6, 6.07) is 0. The van der Waals surface area contributed by atoms with Crippen LogP contribution in [0.5, 0.6) is 0 Å². The maximum absolute atomic E-state index is 11.8. The Labute approximate surface area is 114 Å². The van der Waals surface area contributed by atoms with Crippen LogP contribution < -0.4 is 0 Å². The first kappa shape index (κ1) is 17.6. The average molecular weight is 282 g/mol. The Balaban J connectivity index is 5.12. The summed E-state index contributed by atoms with van der Waals surface area (Å²) in [6.45, 7) is 3.52. The first-order valence-corrected chi connectivity index (χ1v) is 7.44.